The second-order valence-electron chi connectivity index (χ2n) is 7.96. The minimum atomic E-state index is -0.456. The van der Waals surface area contributed by atoms with Gasteiger partial charge in [-0.25, -0.2) is 0 Å². The fourth-order valence-corrected chi connectivity index (χ4v) is 5.10. The molecule has 29 heavy (non-hydrogen) atoms. The number of hydrogen-bond donors (Lipinski definition) is 2. The molecule has 0 radical (unpaired) electrons. The number of hydrogen-bond acceptors (Lipinski definition) is 3. The highest BCUT2D eigenvalue weighted by molar-refractivity contribution is 5.89. The first kappa shape index (κ1) is 16.3. The van der Waals surface area contributed by atoms with Crippen molar-refractivity contribution in [3.8, 4) is 22.6 Å². The van der Waals surface area contributed by atoms with Gasteiger partial charge >= 0.3 is 0 Å². The molecule has 0 saturated carbocycles. The molecule has 3 nitrogen and oxygen atoms in total. The number of rotatable bonds is 0. The summed E-state index contributed by atoms with van der Waals surface area (Å²) in [5, 5.41) is 0. The molecule has 1 heterocycles. The first-order chi connectivity index (χ1) is 14.1. The molecule has 0 saturated heterocycles. The number of anilines is 2. The fourth-order valence-electron chi connectivity index (χ4n) is 5.10. The molecule has 140 valence electrons. The molecule has 0 atom stereocenters. The average molecular weight is 376 g/mol. The Morgan fingerprint density at radius 3 is 1.93 bits per heavy atom. The molecular formula is C26H20N2O. The van der Waals surface area contributed by atoms with E-state index >= 15 is 0 Å². The van der Waals surface area contributed by atoms with E-state index in [0.717, 1.165) is 22.6 Å². The van der Waals surface area contributed by atoms with E-state index in [9.17, 15) is 0 Å². The van der Waals surface area contributed by atoms with Gasteiger partial charge in [0, 0.05) is 34.6 Å². The van der Waals surface area contributed by atoms with Crippen molar-refractivity contribution in [1.29, 1.82) is 0 Å². The molecule has 1 spiro atoms. The van der Waals surface area contributed by atoms with Crippen LogP contribution in [-0.4, -0.2) is 0 Å². The monoisotopic (exact) mass is 376 g/mol. The molecule has 6 rings (SSSR count). The van der Waals surface area contributed by atoms with Gasteiger partial charge in [0.2, 0.25) is 0 Å². The van der Waals surface area contributed by atoms with Crippen molar-refractivity contribution in [2.24, 2.45) is 0 Å². The van der Waals surface area contributed by atoms with Gasteiger partial charge in [-0.05, 0) is 41.3 Å². The molecule has 0 amide bonds. The van der Waals surface area contributed by atoms with Crippen molar-refractivity contribution in [3.63, 3.8) is 0 Å². The standard InChI is InChI=1S/C26H20N2O/c1-15-6-9-19-18-4-2-3-5-20(18)26(23(19)12-15)21-10-7-16(27)13-24(21)29-25-14-17(28)8-11-22(25)26/h2-14H,27-28H2,1H3. The van der Waals surface area contributed by atoms with Crippen LogP contribution >= 0.6 is 0 Å². The summed E-state index contributed by atoms with van der Waals surface area (Å²) in [5.74, 6) is 1.57. The van der Waals surface area contributed by atoms with E-state index in [-0.39, 0.29) is 0 Å². The van der Waals surface area contributed by atoms with Crippen LogP contribution in [0.25, 0.3) is 11.1 Å². The lowest BCUT2D eigenvalue weighted by atomic mass is 9.66. The van der Waals surface area contributed by atoms with Gasteiger partial charge in [-0.1, -0.05) is 60.2 Å². The molecule has 0 bridgehead atoms. The number of fused-ring (bicyclic) bond motifs is 9. The van der Waals surface area contributed by atoms with Crippen molar-refractivity contribution < 1.29 is 4.74 Å². The van der Waals surface area contributed by atoms with E-state index < -0.39 is 5.41 Å². The van der Waals surface area contributed by atoms with E-state index in [1.54, 1.807) is 0 Å². The van der Waals surface area contributed by atoms with Gasteiger partial charge in [0.25, 0.3) is 0 Å². The quantitative estimate of drug-likeness (QED) is 0.338. The molecule has 3 heteroatoms. The molecular weight excluding hydrogens is 356 g/mol. The Morgan fingerprint density at radius 1 is 0.621 bits per heavy atom. The Balaban J connectivity index is 1.85. The number of nitrogens with two attached hydrogens (primary N) is 2. The maximum absolute atomic E-state index is 6.33. The van der Waals surface area contributed by atoms with Crippen molar-refractivity contribution in [2.45, 2.75) is 12.3 Å². The lowest BCUT2D eigenvalue weighted by Crippen LogP contribution is -2.32. The van der Waals surface area contributed by atoms with Gasteiger partial charge in [-0.15, -0.1) is 0 Å². The SMILES string of the molecule is Cc1ccc2c(c1)C1(c3ccc(N)cc3Oc3cc(N)ccc31)c1ccccc1-2. The first-order valence-electron chi connectivity index (χ1n) is 9.78. The maximum atomic E-state index is 6.33. The summed E-state index contributed by atoms with van der Waals surface area (Å²) in [4.78, 5) is 0. The number of ether oxygens (including phenoxy) is 1. The second kappa shape index (κ2) is 5.42. The fraction of sp³-hybridized carbons (Fsp3) is 0.0769. The largest absolute Gasteiger partial charge is 0.457 e. The minimum Gasteiger partial charge on any atom is -0.457 e. The smallest absolute Gasteiger partial charge is 0.134 e. The minimum absolute atomic E-state index is 0.456. The predicted molar refractivity (Wildman–Crippen MR) is 117 cm³/mol. The molecule has 4 aromatic carbocycles. The van der Waals surface area contributed by atoms with Crippen LogP contribution in [0.4, 0.5) is 11.4 Å². The average Bonchev–Trinajstić information content (AvgIpc) is 2.98. The lowest BCUT2D eigenvalue weighted by molar-refractivity contribution is 0.437. The zero-order valence-corrected chi connectivity index (χ0v) is 16.1. The number of aryl methyl sites for hydroxylation is 1. The van der Waals surface area contributed by atoms with Crippen molar-refractivity contribution >= 4 is 11.4 Å². The summed E-state index contributed by atoms with van der Waals surface area (Å²) < 4.78 is 6.33. The Hall–Kier alpha value is -3.72. The Bertz CT molecular complexity index is 1270. The van der Waals surface area contributed by atoms with Crippen LogP contribution in [0.3, 0.4) is 0 Å². The van der Waals surface area contributed by atoms with Gasteiger partial charge in [0.1, 0.15) is 11.5 Å². The predicted octanol–water partition coefficient (Wildman–Crippen LogP) is 5.63. The van der Waals surface area contributed by atoms with Gasteiger partial charge in [-0.2, -0.15) is 0 Å². The molecule has 0 aromatic heterocycles. The van der Waals surface area contributed by atoms with E-state index in [1.807, 2.05) is 24.3 Å². The van der Waals surface area contributed by atoms with Crippen LogP contribution < -0.4 is 16.2 Å². The van der Waals surface area contributed by atoms with E-state index in [4.69, 9.17) is 16.2 Å². The normalized spacial score (nSPS) is 14.5. The van der Waals surface area contributed by atoms with Crippen LogP contribution in [-0.2, 0) is 5.41 Å². The van der Waals surface area contributed by atoms with E-state index in [2.05, 4.69) is 61.5 Å². The highest BCUT2D eigenvalue weighted by atomic mass is 16.5. The molecule has 4 N–H and O–H groups in total. The highest BCUT2D eigenvalue weighted by Crippen LogP contribution is 2.62. The van der Waals surface area contributed by atoms with Crippen LogP contribution in [0.15, 0.2) is 78.9 Å². The van der Waals surface area contributed by atoms with E-state index in [1.165, 1.54) is 27.8 Å². The van der Waals surface area contributed by atoms with Crippen LogP contribution in [0.5, 0.6) is 11.5 Å². The molecule has 0 unspecified atom stereocenters. The molecule has 0 fully saturated rings. The van der Waals surface area contributed by atoms with Crippen LogP contribution in [0, 0.1) is 6.92 Å². The molecule has 2 aliphatic rings. The van der Waals surface area contributed by atoms with Gasteiger partial charge in [-0.3, -0.25) is 0 Å². The summed E-state index contributed by atoms with van der Waals surface area (Å²) in [6.45, 7) is 2.14. The number of benzene rings is 4. The van der Waals surface area contributed by atoms with Gasteiger partial charge in [0.05, 0.1) is 5.41 Å². The van der Waals surface area contributed by atoms with Crippen LogP contribution in [0.1, 0.15) is 27.8 Å². The maximum Gasteiger partial charge on any atom is 0.134 e. The van der Waals surface area contributed by atoms with Crippen LogP contribution in [0.2, 0.25) is 0 Å². The molecule has 1 aliphatic heterocycles. The third-order valence-electron chi connectivity index (χ3n) is 6.24. The third-order valence-corrected chi connectivity index (χ3v) is 6.24. The lowest BCUT2D eigenvalue weighted by Gasteiger charge is -2.39. The first-order valence-corrected chi connectivity index (χ1v) is 9.78. The highest BCUT2D eigenvalue weighted by Gasteiger charge is 2.51. The molecule has 4 aromatic rings. The number of nitrogen functional groups attached to an aromatic ring is 2. The summed E-state index contributed by atoms with van der Waals surface area (Å²) in [7, 11) is 0. The zero-order valence-electron chi connectivity index (χ0n) is 16.1. The van der Waals surface area contributed by atoms with Crippen molar-refractivity contribution in [1.82, 2.24) is 0 Å². The van der Waals surface area contributed by atoms with Crippen molar-refractivity contribution in [3.05, 3.63) is 107 Å². The van der Waals surface area contributed by atoms with Gasteiger partial charge < -0.3 is 16.2 Å². The topological polar surface area (TPSA) is 61.3 Å². The third kappa shape index (κ3) is 1.97. The summed E-state index contributed by atoms with van der Waals surface area (Å²) in [6.07, 6.45) is 0. The summed E-state index contributed by atoms with van der Waals surface area (Å²) >= 11 is 0. The Kier molecular flexibility index (Phi) is 3.04. The second-order valence-corrected chi connectivity index (χ2v) is 7.96. The van der Waals surface area contributed by atoms with Gasteiger partial charge in [0.15, 0.2) is 0 Å². The Labute approximate surface area is 169 Å². The van der Waals surface area contributed by atoms with Crippen molar-refractivity contribution in [2.75, 3.05) is 11.5 Å². The zero-order chi connectivity index (χ0) is 19.8. The Morgan fingerprint density at radius 2 is 1.24 bits per heavy atom. The van der Waals surface area contributed by atoms with E-state index in [0.29, 0.717) is 11.4 Å². The summed E-state index contributed by atoms with van der Waals surface area (Å²) in [5.41, 5.74) is 21.7. The summed E-state index contributed by atoms with van der Waals surface area (Å²) in [6, 6.07) is 27.4. The molecule has 1 aliphatic carbocycles.